The summed E-state index contributed by atoms with van der Waals surface area (Å²) in [6.45, 7) is 2.86. The van der Waals surface area contributed by atoms with Gasteiger partial charge in [0.25, 0.3) is 5.91 Å². The summed E-state index contributed by atoms with van der Waals surface area (Å²) in [4.78, 5) is 37.1. The number of para-hydroxylation sites is 1. The van der Waals surface area contributed by atoms with Gasteiger partial charge >= 0.3 is 5.97 Å². The summed E-state index contributed by atoms with van der Waals surface area (Å²) < 4.78 is 15.8. The number of aromatic nitrogens is 2. The molecular weight excluding hydrogens is 444 g/mol. The normalized spacial score (nSPS) is 15.5. The highest BCUT2D eigenvalue weighted by Gasteiger charge is 2.36. The number of aryl methyl sites for hydroxylation is 1. The van der Waals surface area contributed by atoms with Crippen LogP contribution < -0.4 is 14.8 Å². The number of benzene rings is 1. The predicted octanol–water partition coefficient (Wildman–Crippen LogP) is 3.41. The van der Waals surface area contributed by atoms with Gasteiger partial charge in [0, 0.05) is 18.7 Å². The van der Waals surface area contributed by atoms with E-state index in [1.807, 2.05) is 25.1 Å². The fourth-order valence-electron chi connectivity index (χ4n) is 4.20. The number of nitrogens with one attached hydrogen (secondary N) is 1. The van der Waals surface area contributed by atoms with Crippen LogP contribution in [0.3, 0.4) is 0 Å². The van der Waals surface area contributed by atoms with E-state index in [9.17, 15) is 9.59 Å². The van der Waals surface area contributed by atoms with Crippen molar-refractivity contribution in [3.63, 3.8) is 0 Å². The highest BCUT2D eigenvalue weighted by atomic mass is 32.1. The van der Waals surface area contributed by atoms with E-state index < -0.39 is 6.04 Å². The van der Waals surface area contributed by atoms with Crippen molar-refractivity contribution in [3.05, 3.63) is 40.5 Å². The van der Waals surface area contributed by atoms with E-state index in [1.54, 1.807) is 19.1 Å². The van der Waals surface area contributed by atoms with Crippen LogP contribution in [0.2, 0.25) is 0 Å². The number of amides is 1. The van der Waals surface area contributed by atoms with Crippen molar-refractivity contribution < 1.29 is 23.8 Å². The van der Waals surface area contributed by atoms with Gasteiger partial charge in [-0.05, 0) is 31.4 Å². The molecule has 0 aliphatic carbocycles. The van der Waals surface area contributed by atoms with E-state index in [4.69, 9.17) is 14.2 Å². The fraction of sp³-hybridized carbons (Fsp3) is 0.391. The van der Waals surface area contributed by atoms with E-state index in [-0.39, 0.29) is 11.9 Å². The van der Waals surface area contributed by atoms with Gasteiger partial charge in [0.05, 0.1) is 31.6 Å². The minimum Gasteiger partial charge on any atom is -0.493 e. The van der Waals surface area contributed by atoms with Gasteiger partial charge in [-0.1, -0.05) is 12.1 Å². The zero-order valence-electron chi connectivity index (χ0n) is 19.0. The minimum atomic E-state index is -0.545. The Morgan fingerprint density at radius 2 is 2.03 bits per heavy atom. The first-order chi connectivity index (χ1) is 16.0. The number of esters is 1. The molecule has 1 aliphatic rings. The Balaban J connectivity index is 1.64. The van der Waals surface area contributed by atoms with Gasteiger partial charge in [0.15, 0.2) is 11.5 Å². The van der Waals surface area contributed by atoms with Gasteiger partial charge in [-0.3, -0.25) is 4.79 Å². The van der Waals surface area contributed by atoms with Crippen molar-refractivity contribution in [2.75, 3.05) is 33.2 Å². The average molecular weight is 471 g/mol. The van der Waals surface area contributed by atoms with Gasteiger partial charge in [-0.2, -0.15) is 0 Å². The molecule has 0 saturated carbocycles. The van der Waals surface area contributed by atoms with Gasteiger partial charge < -0.3 is 24.4 Å². The van der Waals surface area contributed by atoms with E-state index >= 15 is 0 Å². The molecule has 4 rings (SSSR count). The van der Waals surface area contributed by atoms with Crippen molar-refractivity contribution in [3.8, 4) is 11.5 Å². The number of hydrogen-bond acceptors (Lipinski definition) is 9. The monoisotopic (exact) mass is 470 g/mol. The number of anilines is 1. The van der Waals surface area contributed by atoms with E-state index in [2.05, 4.69) is 15.3 Å². The molecule has 1 N–H and O–H groups in total. The standard InChI is InChI=1S/C23H26N4O5S/c1-13-17-20(24-11-14-7-5-9-16(30-2)18(14)31-3)25-12-26-21(17)33-19(13)22(28)27-10-6-8-15(27)23(29)32-4/h5,7,9,12,15H,6,8,10-11H2,1-4H3,(H,24,25,26)/t15-/m0/s1. The quantitative estimate of drug-likeness (QED) is 0.524. The SMILES string of the molecule is COC(=O)[C@@H]1CCCN1C(=O)c1sc2ncnc(NCc3cccc(OC)c3OC)c2c1C. The molecule has 1 saturated heterocycles. The molecule has 0 radical (unpaired) electrons. The van der Waals surface area contributed by atoms with E-state index in [0.29, 0.717) is 46.5 Å². The number of fused-ring (bicyclic) bond motifs is 1. The Bertz CT molecular complexity index is 1200. The summed E-state index contributed by atoms with van der Waals surface area (Å²) in [5, 5.41) is 4.14. The molecule has 3 heterocycles. The van der Waals surface area contributed by atoms with Crippen LogP contribution in [-0.4, -0.2) is 60.7 Å². The maximum Gasteiger partial charge on any atom is 0.328 e. The summed E-state index contributed by atoms with van der Waals surface area (Å²) in [5.41, 5.74) is 1.70. The van der Waals surface area contributed by atoms with Crippen LogP contribution in [0.15, 0.2) is 24.5 Å². The van der Waals surface area contributed by atoms with Crippen LogP contribution >= 0.6 is 11.3 Å². The maximum absolute atomic E-state index is 13.3. The molecule has 9 nitrogen and oxygen atoms in total. The van der Waals surface area contributed by atoms with Gasteiger partial charge in [0.2, 0.25) is 0 Å². The average Bonchev–Trinajstić information content (AvgIpc) is 3.46. The van der Waals surface area contributed by atoms with Crippen molar-refractivity contribution in [2.45, 2.75) is 32.4 Å². The molecule has 1 amide bonds. The first-order valence-electron chi connectivity index (χ1n) is 10.6. The largest absolute Gasteiger partial charge is 0.493 e. The first-order valence-corrected chi connectivity index (χ1v) is 11.4. The Morgan fingerprint density at radius 3 is 2.76 bits per heavy atom. The van der Waals surface area contributed by atoms with E-state index in [1.165, 1.54) is 24.8 Å². The Labute approximate surface area is 195 Å². The first kappa shape index (κ1) is 22.8. The van der Waals surface area contributed by atoms with Crippen molar-refractivity contribution in [2.24, 2.45) is 0 Å². The molecule has 33 heavy (non-hydrogen) atoms. The van der Waals surface area contributed by atoms with Crippen LogP contribution in [0.5, 0.6) is 11.5 Å². The third-order valence-corrected chi connectivity index (χ3v) is 7.03. The number of thiophene rings is 1. The van der Waals surface area contributed by atoms with Crippen LogP contribution in [0.1, 0.15) is 33.6 Å². The Kier molecular flexibility index (Phi) is 6.64. The minimum absolute atomic E-state index is 0.177. The smallest absolute Gasteiger partial charge is 0.328 e. The van der Waals surface area contributed by atoms with Crippen molar-refractivity contribution in [1.29, 1.82) is 0 Å². The molecule has 1 fully saturated rings. The number of hydrogen-bond donors (Lipinski definition) is 1. The number of methoxy groups -OCH3 is 3. The van der Waals surface area contributed by atoms with Gasteiger partial charge in [0.1, 0.15) is 23.0 Å². The molecule has 0 bridgehead atoms. The van der Waals surface area contributed by atoms with Crippen molar-refractivity contribution >= 4 is 39.2 Å². The summed E-state index contributed by atoms with van der Waals surface area (Å²) in [6.07, 6.45) is 2.85. The van der Waals surface area contributed by atoms with Crippen molar-refractivity contribution in [1.82, 2.24) is 14.9 Å². The van der Waals surface area contributed by atoms with Crippen LogP contribution in [0.25, 0.3) is 10.2 Å². The number of rotatable bonds is 7. The Hall–Kier alpha value is -3.40. The topological polar surface area (TPSA) is 103 Å². The third kappa shape index (κ3) is 4.18. The number of carbonyl (C=O) groups is 2. The summed E-state index contributed by atoms with van der Waals surface area (Å²) in [7, 11) is 4.55. The molecule has 1 aliphatic heterocycles. The number of carbonyl (C=O) groups excluding carboxylic acids is 2. The molecule has 10 heteroatoms. The molecule has 1 atom stereocenters. The number of nitrogens with zero attached hydrogens (tertiary/aromatic N) is 3. The van der Waals surface area contributed by atoms with E-state index in [0.717, 1.165) is 22.9 Å². The molecule has 0 spiro atoms. The lowest BCUT2D eigenvalue weighted by Crippen LogP contribution is -2.41. The van der Waals surface area contributed by atoms with Gasteiger partial charge in [-0.15, -0.1) is 11.3 Å². The maximum atomic E-state index is 13.3. The zero-order valence-corrected chi connectivity index (χ0v) is 19.8. The molecule has 2 aromatic heterocycles. The highest BCUT2D eigenvalue weighted by Crippen LogP contribution is 2.36. The summed E-state index contributed by atoms with van der Waals surface area (Å²) in [6, 6.07) is 5.14. The second-order valence-corrected chi connectivity index (χ2v) is 8.64. The highest BCUT2D eigenvalue weighted by molar-refractivity contribution is 7.20. The third-order valence-electron chi connectivity index (χ3n) is 5.84. The number of ether oxygens (including phenoxy) is 3. The Morgan fingerprint density at radius 1 is 1.21 bits per heavy atom. The molecule has 1 aromatic carbocycles. The lowest BCUT2D eigenvalue weighted by molar-refractivity contribution is -0.145. The summed E-state index contributed by atoms with van der Waals surface area (Å²) in [5.74, 6) is 1.37. The molecule has 3 aromatic rings. The lowest BCUT2D eigenvalue weighted by Gasteiger charge is -2.22. The molecule has 0 unspecified atom stereocenters. The van der Waals surface area contributed by atoms with Crippen LogP contribution in [0, 0.1) is 6.92 Å². The number of likely N-dealkylation sites (tertiary alicyclic amines) is 1. The molecule has 174 valence electrons. The van der Waals surface area contributed by atoms with Crippen LogP contribution in [-0.2, 0) is 16.1 Å². The fourth-order valence-corrected chi connectivity index (χ4v) is 5.31. The predicted molar refractivity (Wildman–Crippen MR) is 125 cm³/mol. The second kappa shape index (κ2) is 9.62. The molecular formula is C23H26N4O5S. The summed E-state index contributed by atoms with van der Waals surface area (Å²) >= 11 is 1.31. The van der Waals surface area contributed by atoms with Gasteiger partial charge in [-0.25, -0.2) is 14.8 Å². The lowest BCUT2D eigenvalue weighted by atomic mass is 10.1. The zero-order chi connectivity index (χ0) is 23.5. The second-order valence-electron chi connectivity index (χ2n) is 7.64. The van der Waals surface area contributed by atoms with Crippen LogP contribution in [0.4, 0.5) is 5.82 Å².